The first kappa shape index (κ1) is 38.2. The van der Waals surface area contributed by atoms with Crippen molar-refractivity contribution in [2.24, 2.45) is 16.7 Å². The van der Waals surface area contributed by atoms with Gasteiger partial charge in [0.25, 0.3) is 0 Å². The number of nitrogens with zero attached hydrogens (tertiary/aromatic N) is 5. The number of hydrogen-bond acceptors (Lipinski definition) is 10. The number of pyridine rings is 1. The van der Waals surface area contributed by atoms with Crippen LogP contribution in [0.3, 0.4) is 0 Å². The molecule has 3 aliphatic heterocycles. The molecule has 296 valence electrons. The number of phenols is 1. The predicted octanol–water partition coefficient (Wildman–Crippen LogP) is 6.97. The van der Waals surface area contributed by atoms with Crippen LogP contribution in [-0.4, -0.2) is 95.4 Å². The van der Waals surface area contributed by atoms with E-state index < -0.39 is 17.8 Å². The number of anilines is 1. The number of nitrogens with one attached hydrogen (secondary N) is 1. The normalized spacial score (nSPS) is 22.6. The second kappa shape index (κ2) is 14.7. The largest absolute Gasteiger partial charge is 0.508 e. The molecule has 2 N–H and O–H groups in total. The number of benzene rings is 2. The van der Waals surface area contributed by atoms with Crippen LogP contribution < -0.4 is 19.7 Å². The minimum atomic E-state index is -0.841. The zero-order valence-electron chi connectivity index (χ0n) is 32.4. The van der Waals surface area contributed by atoms with Crippen LogP contribution >= 0.6 is 0 Å². The quantitative estimate of drug-likeness (QED) is 0.164. The van der Waals surface area contributed by atoms with Crippen LogP contribution in [0.1, 0.15) is 71.3 Å². The number of aromatic hydroxyl groups is 1. The Balaban J connectivity index is 1.21. The van der Waals surface area contributed by atoms with Crippen LogP contribution in [0.15, 0.2) is 24.3 Å². The fourth-order valence-electron chi connectivity index (χ4n) is 8.97. The summed E-state index contributed by atoms with van der Waals surface area (Å²) in [6.07, 6.45) is 9.77. The highest BCUT2D eigenvalue weighted by molar-refractivity contribution is 6.04. The summed E-state index contributed by atoms with van der Waals surface area (Å²) in [5, 5.41) is 15.3. The summed E-state index contributed by atoms with van der Waals surface area (Å²) in [6, 6.07) is 5.34. The van der Waals surface area contributed by atoms with E-state index >= 15 is 8.78 Å². The lowest BCUT2D eigenvalue weighted by Crippen LogP contribution is -2.61. The molecule has 13 heteroatoms. The van der Waals surface area contributed by atoms with Gasteiger partial charge in [-0.2, -0.15) is 9.97 Å². The van der Waals surface area contributed by atoms with Crippen molar-refractivity contribution in [2.45, 2.75) is 84.0 Å². The average molecular weight is 771 g/mol. The number of hydrogen-bond donors (Lipinski definition) is 2. The Labute approximate surface area is 325 Å². The molecule has 2 aromatic carbocycles. The maximum absolute atomic E-state index is 17.3. The van der Waals surface area contributed by atoms with Gasteiger partial charge in [-0.3, -0.25) is 4.79 Å². The Morgan fingerprint density at radius 3 is 2.43 bits per heavy atom. The van der Waals surface area contributed by atoms with E-state index in [2.05, 4.69) is 51.8 Å². The van der Waals surface area contributed by atoms with Crippen LogP contribution in [0.5, 0.6) is 17.6 Å². The average Bonchev–Trinajstić information content (AvgIpc) is 3.93. The fraction of sp³-hybridized carbons (Fsp3) is 0.535. The third-order valence-electron chi connectivity index (χ3n) is 11.8. The molecule has 2 unspecified atom stereocenters. The number of likely N-dealkylation sites (tertiary alicyclic amines) is 1. The molecule has 10 nitrogen and oxygen atoms in total. The lowest BCUT2D eigenvalue weighted by Gasteiger charge is -2.45. The molecule has 2 atom stereocenters. The van der Waals surface area contributed by atoms with Crippen LogP contribution in [-0.2, 0) is 4.79 Å². The summed E-state index contributed by atoms with van der Waals surface area (Å²) in [5.74, 6) is 1.33. The third kappa shape index (κ3) is 7.58. The van der Waals surface area contributed by atoms with E-state index in [1.165, 1.54) is 31.4 Å². The number of methoxy groups -OCH3 is 1. The van der Waals surface area contributed by atoms with Crippen molar-refractivity contribution in [3.8, 4) is 41.2 Å². The van der Waals surface area contributed by atoms with Gasteiger partial charge >= 0.3 is 6.01 Å². The molecule has 2 aromatic heterocycles. The molecule has 8 rings (SSSR count). The van der Waals surface area contributed by atoms with Crippen molar-refractivity contribution in [3.63, 3.8) is 0 Å². The summed E-state index contributed by atoms with van der Waals surface area (Å²) in [4.78, 5) is 31.9. The number of fused-ring (bicyclic) bond motifs is 4. The number of ether oxygens (including phenoxy) is 2. The van der Waals surface area contributed by atoms with Crippen LogP contribution in [0.25, 0.3) is 32.9 Å². The molecule has 4 fully saturated rings. The standard InChI is InChI=1S/C43H49F3N6O4/c1-6-30-32(45)8-7-24-17-29(53)18-31(34(24)30)37-36(46)38-35(40(48-37)55-5)39(52-20-27-15-25(16-28(21-52)47-27)33(54)19-42(2,3)4)50-41(49-38)56-23-43(11-12-43)22-51-13-9-26(44)10-14-51/h1,7-8,17-18,25-28,47,53H,9-16,19-23H2,2-5H3. The van der Waals surface area contributed by atoms with E-state index in [1.54, 1.807) is 0 Å². The van der Waals surface area contributed by atoms with Gasteiger partial charge in [-0.1, -0.05) is 32.8 Å². The molecule has 0 radical (unpaired) electrons. The second-order valence-electron chi connectivity index (χ2n) is 17.6. The fourth-order valence-corrected chi connectivity index (χ4v) is 8.97. The number of Topliss-reactive ketones (excluding diaryl/α,β-unsaturated/α-hetero) is 1. The molecule has 56 heavy (non-hydrogen) atoms. The van der Waals surface area contributed by atoms with Gasteiger partial charge in [0.05, 0.1) is 19.3 Å². The van der Waals surface area contributed by atoms with Crippen molar-refractivity contribution in [3.05, 3.63) is 41.5 Å². The number of piperidine rings is 2. The molecule has 2 bridgehead atoms. The monoisotopic (exact) mass is 770 g/mol. The van der Waals surface area contributed by atoms with Crippen molar-refractivity contribution < 1.29 is 32.5 Å². The van der Waals surface area contributed by atoms with Crippen LogP contribution in [0.4, 0.5) is 19.0 Å². The maximum Gasteiger partial charge on any atom is 0.319 e. The van der Waals surface area contributed by atoms with E-state index in [0.717, 1.165) is 19.4 Å². The number of halogens is 3. The SMILES string of the molecule is C#Cc1c(F)ccc2cc(O)cc(-c3nc(OC)c4c(N5CC6CC(C(=O)CC(C)(C)C)CC(C5)N6)nc(OCC5(CN6CCC(F)CC6)CC5)nc4c3F)c12. The van der Waals surface area contributed by atoms with E-state index in [9.17, 15) is 14.3 Å². The number of rotatable bonds is 10. The first-order chi connectivity index (χ1) is 26.7. The lowest BCUT2D eigenvalue weighted by atomic mass is 9.78. The summed E-state index contributed by atoms with van der Waals surface area (Å²) in [5.41, 5.74) is -0.610. The molecule has 1 aliphatic carbocycles. The van der Waals surface area contributed by atoms with Gasteiger partial charge in [-0.05, 0) is 67.5 Å². The summed E-state index contributed by atoms with van der Waals surface area (Å²) < 4.78 is 58.5. The molecular weight excluding hydrogens is 722 g/mol. The van der Waals surface area contributed by atoms with E-state index in [1.807, 2.05) is 0 Å². The first-order valence-electron chi connectivity index (χ1n) is 19.6. The molecule has 4 aromatic rings. The number of carbonyl (C=O) groups excluding carboxylic acids is 1. The lowest BCUT2D eigenvalue weighted by molar-refractivity contribution is -0.126. The summed E-state index contributed by atoms with van der Waals surface area (Å²) >= 11 is 0. The Hall–Kier alpha value is -4.67. The molecule has 0 amide bonds. The number of piperazine rings is 1. The number of aromatic nitrogens is 3. The van der Waals surface area contributed by atoms with Gasteiger partial charge < -0.3 is 29.7 Å². The van der Waals surface area contributed by atoms with Gasteiger partial charge in [0.1, 0.15) is 45.9 Å². The Morgan fingerprint density at radius 1 is 1.07 bits per heavy atom. The van der Waals surface area contributed by atoms with Gasteiger partial charge in [0, 0.05) is 73.5 Å². The Bertz CT molecular complexity index is 2210. The minimum Gasteiger partial charge on any atom is -0.508 e. The van der Waals surface area contributed by atoms with Gasteiger partial charge in [0.15, 0.2) is 5.82 Å². The molecule has 3 saturated heterocycles. The Kier molecular flexibility index (Phi) is 10.0. The molecular formula is C43H49F3N6O4. The summed E-state index contributed by atoms with van der Waals surface area (Å²) in [7, 11) is 1.42. The second-order valence-corrected chi connectivity index (χ2v) is 17.6. The number of phenolic OH excluding ortho intramolecular Hbond substituents is 1. The minimum absolute atomic E-state index is 0.0163. The highest BCUT2D eigenvalue weighted by Gasteiger charge is 2.46. The van der Waals surface area contributed by atoms with Gasteiger partial charge in [0.2, 0.25) is 5.88 Å². The first-order valence-corrected chi connectivity index (χ1v) is 19.6. The van der Waals surface area contributed by atoms with Crippen molar-refractivity contribution in [2.75, 3.05) is 51.3 Å². The number of alkyl halides is 1. The van der Waals surface area contributed by atoms with Crippen molar-refractivity contribution in [1.82, 2.24) is 25.2 Å². The number of terminal acetylenes is 1. The number of ketones is 1. The molecule has 0 spiro atoms. The zero-order valence-corrected chi connectivity index (χ0v) is 32.4. The third-order valence-corrected chi connectivity index (χ3v) is 11.8. The van der Waals surface area contributed by atoms with Crippen molar-refractivity contribution >= 4 is 33.3 Å². The highest BCUT2D eigenvalue weighted by Crippen LogP contribution is 2.48. The zero-order chi connectivity index (χ0) is 39.5. The van der Waals surface area contributed by atoms with Crippen LogP contribution in [0, 0.1) is 40.7 Å². The smallest absolute Gasteiger partial charge is 0.319 e. The highest BCUT2D eigenvalue weighted by atomic mass is 19.1. The van der Waals surface area contributed by atoms with Crippen LogP contribution in [0.2, 0.25) is 0 Å². The number of carbonyl (C=O) groups is 1. The van der Waals surface area contributed by atoms with Crippen molar-refractivity contribution in [1.29, 1.82) is 0 Å². The van der Waals surface area contributed by atoms with Gasteiger partial charge in [-0.15, -0.1) is 6.42 Å². The predicted molar refractivity (Wildman–Crippen MR) is 209 cm³/mol. The van der Waals surface area contributed by atoms with E-state index in [-0.39, 0.29) is 85.4 Å². The molecule has 5 heterocycles. The topological polar surface area (TPSA) is 113 Å². The molecule has 1 saturated carbocycles. The molecule has 4 aliphatic rings. The van der Waals surface area contributed by atoms with E-state index in [0.29, 0.717) is 76.1 Å². The van der Waals surface area contributed by atoms with E-state index in [4.69, 9.17) is 20.9 Å². The maximum atomic E-state index is 17.3. The van der Waals surface area contributed by atoms with Gasteiger partial charge in [-0.25, -0.2) is 18.2 Å². The summed E-state index contributed by atoms with van der Waals surface area (Å²) in [6.45, 7) is 9.68. The Morgan fingerprint density at radius 2 is 1.79 bits per heavy atom.